The second-order valence-electron chi connectivity index (χ2n) is 4.78. The third kappa shape index (κ3) is 2.66. The summed E-state index contributed by atoms with van der Waals surface area (Å²) in [5.74, 6) is 0. The van der Waals surface area contributed by atoms with Gasteiger partial charge < -0.3 is 0 Å². The molecule has 1 aliphatic rings. The first-order valence-corrected chi connectivity index (χ1v) is 7.20. The summed E-state index contributed by atoms with van der Waals surface area (Å²) in [6.07, 6.45) is 0.890. The molecule has 2 aromatic rings. The fraction of sp³-hybridized carbons (Fsp3) is 0.188. The fourth-order valence-corrected chi connectivity index (χ4v) is 3.32. The van der Waals surface area contributed by atoms with E-state index in [0.29, 0.717) is 0 Å². The van der Waals surface area contributed by atoms with Gasteiger partial charge in [-0.1, -0.05) is 72.4 Å². The highest BCUT2D eigenvalue weighted by Crippen LogP contribution is 2.38. The highest BCUT2D eigenvalue weighted by atomic mass is 32.2. The van der Waals surface area contributed by atoms with Crippen LogP contribution in [0.5, 0.6) is 0 Å². The first-order valence-electron chi connectivity index (χ1n) is 6.38. The molecule has 1 aliphatic heterocycles. The molecule has 0 aliphatic carbocycles. The molecular formula is C16H16N2S. The van der Waals surface area contributed by atoms with Crippen molar-refractivity contribution >= 4 is 16.8 Å². The molecule has 0 fully saturated rings. The number of hydrogen-bond acceptors (Lipinski definition) is 3. The van der Waals surface area contributed by atoms with Crippen molar-refractivity contribution in [1.82, 2.24) is 5.43 Å². The molecule has 0 saturated carbocycles. The number of nitrogens with one attached hydrogen (secondary N) is 1. The van der Waals surface area contributed by atoms with Gasteiger partial charge in [-0.05, 0) is 18.1 Å². The van der Waals surface area contributed by atoms with Crippen molar-refractivity contribution in [2.24, 2.45) is 5.10 Å². The summed E-state index contributed by atoms with van der Waals surface area (Å²) in [4.78, 5) is -0.147. The Hall–Kier alpha value is -1.74. The van der Waals surface area contributed by atoms with E-state index in [9.17, 15) is 0 Å². The standard InChI is InChI=1S/C16H16N2S/c1-16(14-10-6-3-7-11-14)18-17-15(19-16)12-13-8-4-2-5-9-13/h2-11,18H,12H2,1H3. The Morgan fingerprint density at radius 1 is 1.00 bits per heavy atom. The summed E-state index contributed by atoms with van der Waals surface area (Å²) in [6.45, 7) is 2.18. The zero-order chi connectivity index (χ0) is 13.1. The molecule has 2 aromatic carbocycles. The van der Waals surface area contributed by atoms with Crippen molar-refractivity contribution in [1.29, 1.82) is 0 Å². The van der Waals surface area contributed by atoms with E-state index in [1.807, 2.05) is 12.1 Å². The van der Waals surface area contributed by atoms with Crippen LogP contribution < -0.4 is 5.43 Å². The van der Waals surface area contributed by atoms with Crippen LogP contribution in [-0.2, 0) is 11.3 Å². The van der Waals surface area contributed by atoms with Gasteiger partial charge in [0.15, 0.2) is 0 Å². The number of nitrogens with zero attached hydrogens (tertiary/aromatic N) is 1. The molecule has 3 heteroatoms. The molecule has 0 radical (unpaired) electrons. The second kappa shape index (κ2) is 5.10. The van der Waals surface area contributed by atoms with Crippen molar-refractivity contribution in [3.63, 3.8) is 0 Å². The van der Waals surface area contributed by atoms with Crippen molar-refractivity contribution in [2.75, 3.05) is 0 Å². The van der Waals surface area contributed by atoms with Crippen LogP contribution in [0.3, 0.4) is 0 Å². The summed E-state index contributed by atoms with van der Waals surface area (Å²) in [5, 5.41) is 5.63. The highest BCUT2D eigenvalue weighted by molar-refractivity contribution is 8.14. The zero-order valence-electron chi connectivity index (χ0n) is 10.8. The van der Waals surface area contributed by atoms with Crippen LogP contribution in [0, 0.1) is 0 Å². The van der Waals surface area contributed by atoms with Gasteiger partial charge in [-0.3, -0.25) is 5.43 Å². The molecular weight excluding hydrogens is 252 g/mol. The average Bonchev–Trinajstić information content (AvgIpc) is 2.84. The van der Waals surface area contributed by atoms with Gasteiger partial charge in [0, 0.05) is 6.42 Å². The maximum atomic E-state index is 4.49. The number of thioether (sulfide) groups is 1. The van der Waals surface area contributed by atoms with Gasteiger partial charge in [0.05, 0.1) is 0 Å². The Kier molecular flexibility index (Phi) is 3.30. The van der Waals surface area contributed by atoms with Crippen LogP contribution in [0.15, 0.2) is 65.8 Å². The predicted octanol–water partition coefficient (Wildman–Crippen LogP) is 3.75. The molecule has 0 bridgehead atoms. The second-order valence-corrected chi connectivity index (χ2v) is 6.27. The molecule has 1 heterocycles. The number of hydrogen-bond donors (Lipinski definition) is 1. The summed E-state index contributed by atoms with van der Waals surface area (Å²) in [6, 6.07) is 20.9. The van der Waals surface area contributed by atoms with Crippen molar-refractivity contribution in [3.05, 3.63) is 71.8 Å². The molecule has 0 saturated heterocycles. The van der Waals surface area contributed by atoms with Gasteiger partial charge in [0.2, 0.25) is 0 Å². The third-order valence-corrected chi connectivity index (χ3v) is 4.45. The summed E-state index contributed by atoms with van der Waals surface area (Å²) < 4.78 is 0. The molecule has 0 aromatic heterocycles. The summed E-state index contributed by atoms with van der Waals surface area (Å²) >= 11 is 1.80. The van der Waals surface area contributed by atoms with Crippen LogP contribution in [0.1, 0.15) is 18.1 Å². The largest absolute Gasteiger partial charge is 0.289 e. The number of benzene rings is 2. The quantitative estimate of drug-likeness (QED) is 0.916. The normalized spacial score (nSPS) is 21.8. The lowest BCUT2D eigenvalue weighted by Crippen LogP contribution is -2.28. The monoisotopic (exact) mass is 268 g/mol. The van der Waals surface area contributed by atoms with Crippen LogP contribution in [0.2, 0.25) is 0 Å². The highest BCUT2D eigenvalue weighted by Gasteiger charge is 2.33. The maximum Gasteiger partial charge on any atom is 0.128 e. The van der Waals surface area contributed by atoms with E-state index in [2.05, 4.69) is 66.0 Å². The minimum Gasteiger partial charge on any atom is -0.289 e. The first-order chi connectivity index (χ1) is 9.26. The first kappa shape index (κ1) is 12.3. The average molecular weight is 268 g/mol. The van der Waals surface area contributed by atoms with Gasteiger partial charge >= 0.3 is 0 Å². The number of hydrazone groups is 1. The van der Waals surface area contributed by atoms with Crippen molar-refractivity contribution < 1.29 is 0 Å². The Balaban J connectivity index is 1.73. The fourth-order valence-electron chi connectivity index (χ4n) is 2.18. The van der Waals surface area contributed by atoms with E-state index in [4.69, 9.17) is 0 Å². The lowest BCUT2D eigenvalue weighted by Gasteiger charge is -2.23. The Morgan fingerprint density at radius 3 is 2.32 bits per heavy atom. The summed E-state index contributed by atoms with van der Waals surface area (Å²) in [5.41, 5.74) is 5.83. The van der Waals surface area contributed by atoms with Crippen LogP contribution >= 0.6 is 11.8 Å². The third-order valence-electron chi connectivity index (χ3n) is 3.24. The predicted molar refractivity (Wildman–Crippen MR) is 82.1 cm³/mol. The van der Waals surface area contributed by atoms with Gasteiger partial charge in [-0.2, -0.15) is 5.10 Å². The lowest BCUT2D eigenvalue weighted by atomic mass is 10.1. The van der Waals surface area contributed by atoms with E-state index >= 15 is 0 Å². The minimum absolute atomic E-state index is 0.147. The van der Waals surface area contributed by atoms with Gasteiger partial charge in [-0.25, -0.2) is 0 Å². The van der Waals surface area contributed by atoms with Gasteiger partial charge in [-0.15, -0.1) is 0 Å². The molecule has 96 valence electrons. The summed E-state index contributed by atoms with van der Waals surface area (Å²) in [7, 11) is 0. The Morgan fingerprint density at radius 2 is 1.63 bits per heavy atom. The van der Waals surface area contributed by atoms with E-state index < -0.39 is 0 Å². The topological polar surface area (TPSA) is 24.4 Å². The Bertz CT molecular complexity index is 580. The van der Waals surface area contributed by atoms with E-state index in [0.717, 1.165) is 11.5 Å². The van der Waals surface area contributed by atoms with E-state index in [1.165, 1.54) is 11.1 Å². The SMILES string of the molecule is CC1(c2ccccc2)NN=C(Cc2ccccc2)S1. The maximum absolute atomic E-state index is 4.49. The zero-order valence-corrected chi connectivity index (χ0v) is 11.7. The molecule has 1 atom stereocenters. The van der Waals surface area contributed by atoms with Crippen molar-refractivity contribution in [3.8, 4) is 0 Å². The van der Waals surface area contributed by atoms with Crippen LogP contribution in [0.25, 0.3) is 0 Å². The molecule has 1 N–H and O–H groups in total. The van der Waals surface area contributed by atoms with Gasteiger partial charge in [0.25, 0.3) is 0 Å². The molecule has 2 nitrogen and oxygen atoms in total. The number of rotatable bonds is 3. The molecule has 0 spiro atoms. The Labute approximate surface area is 117 Å². The van der Waals surface area contributed by atoms with Crippen LogP contribution in [-0.4, -0.2) is 5.04 Å². The molecule has 0 amide bonds. The van der Waals surface area contributed by atoms with Gasteiger partial charge in [0.1, 0.15) is 9.91 Å². The van der Waals surface area contributed by atoms with Crippen LogP contribution in [0.4, 0.5) is 0 Å². The van der Waals surface area contributed by atoms with E-state index in [-0.39, 0.29) is 4.87 Å². The van der Waals surface area contributed by atoms with E-state index in [1.54, 1.807) is 11.8 Å². The smallest absolute Gasteiger partial charge is 0.128 e. The molecule has 1 unspecified atom stereocenters. The molecule has 3 rings (SSSR count). The minimum atomic E-state index is -0.147. The lowest BCUT2D eigenvalue weighted by molar-refractivity contribution is 0.562. The molecule has 19 heavy (non-hydrogen) atoms. The van der Waals surface area contributed by atoms with Crippen molar-refractivity contribution in [2.45, 2.75) is 18.2 Å².